The van der Waals surface area contributed by atoms with Crippen LogP contribution in [0, 0.1) is 5.92 Å². The van der Waals surface area contributed by atoms with Gasteiger partial charge in [0.25, 0.3) is 15.9 Å². The van der Waals surface area contributed by atoms with Gasteiger partial charge in [-0.25, -0.2) is 8.42 Å². The van der Waals surface area contributed by atoms with E-state index in [-0.39, 0.29) is 16.8 Å². The number of hydrogen-bond donors (Lipinski definition) is 1. The molecular formula is C16H26N2O4S. The molecule has 0 aromatic heterocycles. The van der Waals surface area contributed by atoms with Crippen LogP contribution in [0.1, 0.15) is 44.0 Å². The minimum Gasteiger partial charge on any atom is -0.350 e. The van der Waals surface area contributed by atoms with Crippen molar-refractivity contribution in [2.45, 2.75) is 44.6 Å². The highest BCUT2D eigenvalue weighted by Gasteiger charge is 2.21. The van der Waals surface area contributed by atoms with Crippen molar-refractivity contribution in [2.24, 2.45) is 5.92 Å². The zero-order valence-corrected chi connectivity index (χ0v) is 15.2. The van der Waals surface area contributed by atoms with E-state index >= 15 is 0 Å². The summed E-state index contributed by atoms with van der Waals surface area (Å²) in [5, 5.41) is 2.92. The van der Waals surface area contributed by atoms with Gasteiger partial charge < -0.3 is 5.32 Å². The molecule has 0 aliphatic heterocycles. The van der Waals surface area contributed by atoms with Gasteiger partial charge in [0, 0.05) is 18.7 Å². The third-order valence-corrected chi connectivity index (χ3v) is 5.26. The molecule has 1 unspecified atom stereocenters. The lowest BCUT2D eigenvalue weighted by Gasteiger charge is -2.16. The largest absolute Gasteiger partial charge is 0.350 e. The second kappa shape index (κ2) is 8.42. The Morgan fingerprint density at radius 3 is 2.22 bits per heavy atom. The summed E-state index contributed by atoms with van der Waals surface area (Å²) in [5.74, 6) is 0.391. The number of benzene rings is 1. The van der Waals surface area contributed by atoms with Crippen LogP contribution in [-0.4, -0.2) is 39.0 Å². The van der Waals surface area contributed by atoms with Gasteiger partial charge in [-0.3, -0.25) is 9.63 Å². The Labute approximate surface area is 138 Å². The molecule has 0 aliphatic rings. The number of sulfonamides is 1. The lowest BCUT2D eigenvalue weighted by Crippen LogP contribution is -2.32. The fraction of sp³-hybridized carbons (Fsp3) is 0.562. The predicted octanol–water partition coefficient (Wildman–Crippen LogP) is 2.42. The molecule has 0 saturated carbocycles. The average molecular weight is 342 g/mol. The van der Waals surface area contributed by atoms with Crippen LogP contribution in [0.25, 0.3) is 0 Å². The fourth-order valence-corrected chi connectivity index (χ4v) is 2.96. The lowest BCUT2D eigenvalue weighted by atomic mass is 10.0. The second-order valence-electron chi connectivity index (χ2n) is 5.97. The number of hydroxylamine groups is 1. The monoisotopic (exact) mass is 342 g/mol. The molecule has 1 aromatic carbocycles. The highest BCUT2D eigenvalue weighted by atomic mass is 32.2. The second-order valence-corrected chi connectivity index (χ2v) is 7.90. The molecule has 1 amide bonds. The van der Waals surface area contributed by atoms with Crippen LogP contribution in [-0.2, 0) is 14.9 Å². The normalized spacial score (nSPS) is 13.3. The van der Waals surface area contributed by atoms with E-state index in [1.165, 1.54) is 38.4 Å². The minimum absolute atomic E-state index is 0.0752. The Morgan fingerprint density at radius 1 is 1.17 bits per heavy atom. The Bertz CT molecular complexity index is 611. The first-order chi connectivity index (χ1) is 10.7. The Morgan fingerprint density at radius 2 is 1.74 bits per heavy atom. The minimum atomic E-state index is -3.69. The molecule has 0 fully saturated rings. The van der Waals surface area contributed by atoms with Crippen LogP contribution in [0.3, 0.4) is 0 Å². The van der Waals surface area contributed by atoms with E-state index in [0.717, 1.165) is 17.3 Å². The van der Waals surface area contributed by atoms with E-state index in [9.17, 15) is 13.2 Å². The number of carbonyl (C=O) groups is 1. The molecule has 0 heterocycles. The van der Waals surface area contributed by atoms with Crippen LogP contribution < -0.4 is 5.32 Å². The lowest BCUT2D eigenvalue weighted by molar-refractivity contribution is -0.0258. The summed E-state index contributed by atoms with van der Waals surface area (Å²) in [4.78, 5) is 16.9. The first-order valence-electron chi connectivity index (χ1n) is 7.62. The van der Waals surface area contributed by atoms with Crippen LogP contribution in [0.15, 0.2) is 29.2 Å². The molecule has 0 spiro atoms. The number of nitrogens with one attached hydrogen (secondary N) is 1. The molecule has 0 aliphatic carbocycles. The van der Waals surface area contributed by atoms with E-state index < -0.39 is 10.0 Å². The van der Waals surface area contributed by atoms with Crippen molar-refractivity contribution >= 4 is 15.9 Å². The van der Waals surface area contributed by atoms with Crippen LogP contribution in [0.5, 0.6) is 0 Å². The molecular weight excluding hydrogens is 316 g/mol. The summed E-state index contributed by atoms with van der Waals surface area (Å²) in [6, 6.07) is 5.88. The fourth-order valence-electron chi connectivity index (χ4n) is 1.99. The zero-order valence-electron chi connectivity index (χ0n) is 14.4. The van der Waals surface area contributed by atoms with Gasteiger partial charge in [-0.2, -0.15) is 0 Å². The maximum atomic E-state index is 12.2. The first-order valence-corrected chi connectivity index (χ1v) is 9.06. The van der Waals surface area contributed by atoms with Gasteiger partial charge >= 0.3 is 0 Å². The Kier molecular flexibility index (Phi) is 7.18. The van der Waals surface area contributed by atoms with Crippen molar-refractivity contribution in [3.8, 4) is 0 Å². The van der Waals surface area contributed by atoms with Gasteiger partial charge in [0.05, 0.1) is 12.0 Å². The van der Waals surface area contributed by atoms with Gasteiger partial charge in [0.1, 0.15) is 0 Å². The Hall–Kier alpha value is -1.44. The molecule has 6 nitrogen and oxygen atoms in total. The van der Waals surface area contributed by atoms with Gasteiger partial charge in [0.15, 0.2) is 0 Å². The highest BCUT2D eigenvalue weighted by molar-refractivity contribution is 7.89. The molecule has 7 heteroatoms. The number of carbonyl (C=O) groups excluding carboxylic acids is 1. The van der Waals surface area contributed by atoms with Crippen LogP contribution >= 0.6 is 0 Å². The molecule has 130 valence electrons. The summed E-state index contributed by atoms with van der Waals surface area (Å²) in [6.07, 6.45) is 1.95. The number of rotatable bonds is 8. The number of amides is 1. The third kappa shape index (κ3) is 5.60. The summed E-state index contributed by atoms with van der Waals surface area (Å²) in [6.45, 7) is 6.25. The van der Waals surface area contributed by atoms with E-state index in [1.54, 1.807) is 0 Å². The predicted molar refractivity (Wildman–Crippen MR) is 89.4 cm³/mol. The summed E-state index contributed by atoms with van der Waals surface area (Å²) < 4.78 is 24.9. The molecule has 1 rings (SSSR count). The van der Waals surface area contributed by atoms with Gasteiger partial charge in [0.2, 0.25) is 0 Å². The van der Waals surface area contributed by atoms with E-state index in [4.69, 9.17) is 4.84 Å². The van der Waals surface area contributed by atoms with Gasteiger partial charge in [-0.05, 0) is 49.9 Å². The zero-order chi connectivity index (χ0) is 17.6. The molecule has 0 bridgehead atoms. The van der Waals surface area contributed by atoms with Gasteiger partial charge in [-0.1, -0.05) is 18.3 Å². The molecule has 1 aromatic rings. The first kappa shape index (κ1) is 19.6. The van der Waals surface area contributed by atoms with Crippen molar-refractivity contribution < 1.29 is 18.0 Å². The number of nitrogens with zero attached hydrogens (tertiary/aromatic N) is 1. The summed E-state index contributed by atoms with van der Waals surface area (Å²) >= 11 is 0. The topological polar surface area (TPSA) is 75.7 Å². The van der Waals surface area contributed by atoms with E-state index in [2.05, 4.69) is 19.2 Å². The maximum absolute atomic E-state index is 12.2. The van der Waals surface area contributed by atoms with Gasteiger partial charge in [-0.15, -0.1) is 0 Å². The van der Waals surface area contributed by atoms with Crippen LogP contribution in [0.4, 0.5) is 0 Å². The average Bonchev–Trinajstić information content (AvgIpc) is 2.52. The molecule has 1 N–H and O–H groups in total. The standard InChI is InChI=1S/C16H26N2O4S/c1-12(2)6-7-13(3)17-16(19)14-8-10-15(11-9-14)23(20,21)18(4)22-5/h8-13H,6-7H2,1-5H3,(H,17,19). The highest BCUT2D eigenvalue weighted by Crippen LogP contribution is 2.15. The third-order valence-electron chi connectivity index (χ3n) is 3.56. The maximum Gasteiger partial charge on any atom is 0.264 e. The SMILES string of the molecule is CON(C)S(=O)(=O)c1ccc(C(=O)NC(C)CCC(C)C)cc1. The molecule has 0 radical (unpaired) electrons. The smallest absolute Gasteiger partial charge is 0.264 e. The molecule has 1 atom stereocenters. The van der Waals surface area contributed by atoms with E-state index in [1.807, 2.05) is 6.92 Å². The Balaban J connectivity index is 2.75. The number of hydrogen-bond acceptors (Lipinski definition) is 4. The summed E-state index contributed by atoms with van der Waals surface area (Å²) in [7, 11) is -1.11. The van der Waals surface area contributed by atoms with Crippen molar-refractivity contribution in [2.75, 3.05) is 14.2 Å². The van der Waals surface area contributed by atoms with Crippen LogP contribution in [0.2, 0.25) is 0 Å². The quantitative estimate of drug-likeness (QED) is 0.736. The van der Waals surface area contributed by atoms with Crippen molar-refractivity contribution in [1.29, 1.82) is 0 Å². The van der Waals surface area contributed by atoms with Crippen molar-refractivity contribution in [3.63, 3.8) is 0 Å². The van der Waals surface area contributed by atoms with Crippen molar-refractivity contribution in [1.82, 2.24) is 9.79 Å². The van der Waals surface area contributed by atoms with Crippen molar-refractivity contribution in [3.05, 3.63) is 29.8 Å². The molecule has 23 heavy (non-hydrogen) atoms. The molecule has 0 saturated heterocycles. The van der Waals surface area contributed by atoms with E-state index in [0.29, 0.717) is 11.5 Å². The summed E-state index contributed by atoms with van der Waals surface area (Å²) in [5.41, 5.74) is 0.431.